The topological polar surface area (TPSA) is 69.7 Å². The Morgan fingerprint density at radius 2 is 1.96 bits per heavy atom. The lowest BCUT2D eigenvalue weighted by Gasteiger charge is -2.32. The van der Waals surface area contributed by atoms with Crippen molar-refractivity contribution in [2.24, 2.45) is 0 Å². The van der Waals surface area contributed by atoms with Crippen LogP contribution in [0.1, 0.15) is 35.2 Å². The number of piperidine rings is 1. The van der Waals surface area contributed by atoms with Crippen molar-refractivity contribution in [2.75, 3.05) is 37.2 Å². The van der Waals surface area contributed by atoms with Gasteiger partial charge in [-0.2, -0.15) is 0 Å². The van der Waals surface area contributed by atoms with E-state index in [0.29, 0.717) is 17.8 Å². The predicted molar refractivity (Wildman–Crippen MR) is 102 cm³/mol. The van der Waals surface area contributed by atoms with Crippen LogP contribution in [0.2, 0.25) is 0 Å². The summed E-state index contributed by atoms with van der Waals surface area (Å²) in [7, 11) is -1.41. The molecule has 2 aliphatic heterocycles. The molecule has 0 saturated carbocycles. The van der Waals surface area contributed by atoms with Crippen LogP contribution in [0.15, 0.2) is 18.2 Å². The first kappa shape index (κ1) is 20.0. The predicted octanol–water partition coefficient (Wildman–Crippen LogP) is 1.64. The van der Waals surface area contributed by atoms with Gasteiger partial charge in [-0.15, -0.1) is 12.4 Å². The number of nitrogens with one attached hydrogen (secondary N) is 1. The molecular formula is C17H26ClN3O3S. The lowest BCUT2D eigenvalue weighted by Crippen LogP contribution is -2.44. The molecule has 1 amide bonds. The second-order valence-corrected chi connectivity index (χ2v) is 8.59. The van der Waals surface area contributed by atoms with Gasteiger partial charge in [0.15, 0.2) is 0 Å². The van der Waals surface area contributed by atoms with E-state index in [1.165, 1.54) is 10.6 Å². The van der Waals surface area contributed by atoms with Crippen molar-refractivity contribution in [2.45, 2.75) is 31.7 Å². The number of hydrogen-bond donors (Lipinski definition) is 1. The minimum absolute atomic E-state index is 0. The van der Waals surface area contributed by atoms with Crippen molar-refractivity contribution < 1.29 is 13.2 Å². The standard InChI is InChI=1S/C17H25N3O3S.ClH/c1-19(15-7-9-18-10-8-15)17(21)14-5-6-16-13(12-14)4-3-11-20(16)24(2,22)23;/h5-6,12,15,18H,3-4,7-11H2,1-2H3;1H. The molecule has 0 bridgehead atoms. The molecule has 1 aromatic rings. The molecule has 0 atom stereocenters. The molecule has 1 fully saturated rings. The number of rotatable bonds is 3. The van der Waals surface area contributed by atoms with Crippen LogP contribution in [0.3, 0.4) is 0 Å². The van der Waals surface area contributed by atoms with Crippen molar-refractivity contribution in [3.05, 3.63) is 29.3 Å². The summed E-state index contributed by atoms with van der Waals surface area (Å²) in [6, 6.07) is 5.66. The molecule has 8 heteroatoms. The quantitative estimate of drug-likeness (QED) is 0.856. The molecule has 3 rings (SSSR count). The number of sulfonamides is 1. The summed E-state index contributed by atoms with van der Waals surface area (Å²) in [6.45, 7) is 2.39. The highest BCUT2D eigenvalue weighted by Crippen LogP contribution is 2.30. The molecule has 0 radical (unpaired) electrons. The number of aryl methyl sites for hydroxylation is 1. The van der Waals surface area contributed by atoms with E-state index in [2.05, 4.69) is 5.32 Å². The normalized spacial score (nSPS) is 18.2. The third-order valence-electron chi connectivity index (χ3n) is 4.98. The summed E-state index contributed by atoms with van der Waals surface area (Å²) in [5.41, 5.74) is 2.30. The zero-order valence-electron chi connectivity index (χ0n) is 14.7. The number of hydrogen-bond acceptors (Lipinski definition) is 4. The smallest absolute Gasteiger partial charge is 0.253 e. The lowest BCUT2D eigenvalue weighted by molar-refractivity contribution is 0.0703. The maximum atomic E-state index is 12.8. The lowest BCUT2D eigenvalue weighted by atomic mass is 9.99. The maximum absolute atomic E-state index is 12.8. The largest absolute Gasteiger partial charge is 0.339 e. The summed E-state index contributed by atoms with van der Waals surface area (Å²) >= 11 is 0. The van der Waals surface area contributed by atoms with Gasteiger partial charge in [-0.1, -0.05) is 0 Å². The van der Waals surface area contributed by atoms with Gasteiger partial charge in [0.1, 0.15) is 0 Å². The molecule has 1 aromatic carbocycles. The van der Waals surface area contributed by atoms with Crippen LogP contribution in [0.25, 0.3) is 0 Å². The monoisotopic (exact) mass is 387 g/mol. The van der Waals surface area contributed by atoms with Gasteiger partial charge in [-0.3, -0.25) is 9.10 Å². The molecule has 0 unspecified atom stereocenters. The summed E-state index contributed by atoms with van der Waals surface area (Å²) in [5, 5.41) is 3.31. The van der Waals surface area contributed by atoms with Gasteiger partial charge in [-0.05, 0) is 62.5 Å². The fourth-order valence-electron chi connectivity index (χ4n) is 3.60. The average molecular weight is 388 g/mol. The van der Waals surface area contributed by atoms with E-state index in [9.17, 15) is 13.2 Å². The fraction of sp³-hybridized carbons (Fsp3) is 0.588. The van der Waals surface area contributed by atoms with E-state index in [1.54, 1.807) is 12.1 Å². The summed E-state index contributed by atoms with van der Waals surface area (Å²) in [5.74, 6) is 0.0150. The SMILES string of the molecule is CN(C(=O)c1ccc2c(c1)CCCN2S(C)(=O)=O)C1CCNCC1.Cl. The molecule has 25 heavy (non-hydrogen) atoms. The zero-order valence-corrected chi connectivity index (χ0v) is 16.3. The second-order valence-electron chi connectivity index (χ2n) is 6.68. The van der Waals surface area contributed by atoms with Gasteiger partial charge >= 0.3 is 0 Å². The molecule has 2 aliphatic rings. The minimum Gasteiger partial charge on any atom is -0.339 e. The molecule has 6 nitrogen and oxygen atoms in total. The number of anilines is 1. The highest BCUT2D eigenvalue weighted by molar-refractivity contribution is 7.92. The third-order valence-corrected chi connectivity index (χ3v) is 6.16. The Morgan fingerprint density at radius 3 is 2.60 bits per heavy atom. The van der Waals surface area contributed by atoms with E-state index in [1.807, 2.05) is 18.0 Å². The highest BCUT2D eigenvalue weighted by Gasteiger charge is 2.27. The number of nitrogens with zero attached hydrogens (tertiary/aromatic N) is 2. The van der Waals surface area contributed by atoms with Crippen molar-refractivity contribution in [1.29, 1.82) is 0 Å². The molecule has 2 heterocycles. The number of fused-ring (bicyclic) bond motifs is 1. The highest BCUT2D eigenvalue weighted by atomic mass is 35.5. The van der Waals surface area contributed by atoms with Crippen LogP contribution in [0.4, 0.5) is 5.69 Å². The fourth-order valence-corrected chi connectivity index (χ4v) is 4.60. The van der Waals surface area contributed by atoms with Crippen LogP contribution in [-0.2, 0) is 16.4 Å². The summed E-state index contributed by atoms with van der Waals surface area (Å²) in [4.78, 5) is 14.6. The first-order valence-corrected chi connectivity index (χ1v) is 10.3. The number of amides is 1. The van der Waals surface area contributed by atoms with Crippen molar-refractivity contribution in [3.8, 4) is 0 Å². The van der Waals surface area contributed by atoms with Crippen LogP contribution in [0, 0.1) is 0 Å². The Balaban J connectivity index is 0.00000225. The van der Waals surface area contributed by atoms with Crippen LogP contribution in [0.5, 0.6) is 0 Å². The third kappa shape index (κ3) is 4.27. The summed E-state index contributed by atoms with van der Waals surface area (Å²) in [6.07, 6.45) is 4.75. The number of carbonyl (C=O) groups is 1. The zero-order chi connectivity index (χ0) is 17.3. The number of benzene rings is 1. The number of carbonyl (C=O) groups excluding carboxylic acids is 1. The van der Waals surface area contributed by atoms with E-state index < -0.39 is 10.0 Å². The molecule has 0 aromatic heterocycles. The Morgan fingerprint density at radius 1 is 1.28 bits per heavy atom. The van der Waals surface area contributed by atoms with Crippen LogP contribution in [-0.4, -0.2) is 58.2 Å². The van der Waals surface area contributed by atoms with Crippen molar-refractivity contribution in [3.63, 3.8) is 0 Å². The van der Waals surface area contributed by atoms with Crippen molar-refractivity contribution in [1.82, 2.24) is 10.2 Å². The van der Waals surface area contributed by atoms with Gasteiger partial charge in [-0.25, -0.2) is 8.42 Å². The van der Waals surface area contributed by atoms with E-state index >= 15 is 0 Å². The van der Waals surface area contributed by atoms with Gasteiger partial charge < -0.3 is 10.2 Å². The molecular weight excluding hydrogens is 362 g/mol. The van der Waals surface area contributed by atoms with E-state index in [0.717, 1.165) is 44.3 Å². The summed E-state index contributed by atoms with van der Waals surface area (Å²) < 4.78 is 25.3. The Hall–Kier alpha value is -1.31. The van der Waals surface area contributed by atoms with Gasteiger partial charge in [0.05, 0.1) is 11.9 Å². The Labute approximate surface area is 156 Å². The van der Waals surface area contributed by atoms with Crippen LogP contribution < -0.4 is 9.62 Å². The van der Waals surface area contributed by atoms with Gasteiger partial charge in [0, 0.05) is 25.2 Å². The molecule has 1 saturated heterocycles. The second kappa shape index (κ2) is 7.93. The molecule has 140 valence electrons. The molecule has 1 N–H and O–H groups in total. The van der Waals surface area contributed by atoms with Crippen LogP contribution >= 0.6 is 12.4 Å². The van der Waals surface area contributed by atoms with Gasteiger partial charge in [0.2, 0.25) is 10.0 Å². The Bertz CT molecular complexity index is 733. The minimum atomic E-state index is -3.27. The Kier molecular flexibility index (Phi) is 6.35. The maximum Gasteiger partial charge on any atom is 0.253 e. The molecule has 0 aliphatic carbocycles. The average Bonchev–Trinajstić information content (AvgIpc) is 2.59. The first-order valence-electron chi connectivity index (χ1n) is 8.46. The number of halogens is 1. The van der Waals surface area contributed by atoms with Gasteiger partial charge in [0.25, 0.3) is 5.91 Å². The van der Waals surface area contributed by atoms with Crippen molar-refractivity contribution >= 4 is 34.0 Å². The molecule has 0 spiro atoms. The van der Waals surface area contributed by atoms with E-state index in [-0.39, 0.29) is 24.4 Å². The first-order chi connectivity index (χ1) is 11.4. The van der Waals surface area contributed by atoms with E-state index in [4.69, 9.17) is 0 Å².